The Morgan fingerprint density at radius 3 is 2.47 bits per heavy atom. The van der Waals surface area contributed by atoms with Crippen LogP contribution in [-0.2, 0) is 0 Å². The van der Waals surface area contributed by atoms with E-state index in [9.17, 15) is 0 Å². The summed E-state index contributed by atoms with van der Waals surface area (Å²) >= 11 is 5.76. The molecule has 2 rings (SSSR count). The van der Waals surface area contributed by atoms with Gasteiger partial charge in [0.2, 0.25) is 0 Å². The molecule has 0 bridgehead atoms. The second kappa shape index (κ2) is 6.85. The minimum atomic E-state index is 0.557. The SMILES string of the molecule is Clc1ccc(NCC2CCCCCCC2)cn1. The van der Waals surface area contributed by atoms with Gasteiger partial charge in [-0.25, -0.2) is 4.98 Å². The molecule has 1 aromatic heterocycles. The van der Waals surface area contributed by atoms with Crippen LogP contribution in [0.4, 0.5) is 5.69 Å². The van der Waals surface area contributed by atoms with Gasteiger partial charge in [0, 0.05) is 6.54 Å². The lowest BCUT2D eigenvalue weighted by Gasteiger charge is -2.20. The molecule has 1 N–H and O–H groups in total. The average molecular weight is 253 g/mol. The molecular weight excluding hydrogens is 232 g/mol. The van der Waals surface area contributed by atoms with Crippen molar-refractivity contribution < 1.29 is 0 Å². The molecular formula is C14H21ClN2. The number of halogens is 1. The molecule has 1 fully saturated rings. The predicted octanol–water partition coefficient (Wildman–Crippen LogP) is 4.51. The van der Waals surface area contributed by atoms with Gasteiger partial charge in [-0.05, 0) is 30.9 Å². The quantitative estimate of drug-likeness (QED) is 0.801. The first kappa shape index (κ1) is 12.7. The van der Waals surface area contributed by atoms with E-state index in [4.69, 9.17) is 11.6 Å². The van der Waals surface area contributed by atoms with Crippen molar-refractivity contribution in [3.05, 3.63) is 23.5 Å². The highest BCUT2D eigenvalue weighted by Crippen LogP contribution is 2.22. The Kier molecular flexibility index (Phi) is 5.11. The molecule has 94 valence electrons. The molecule has 1 aliphatic rings. The van der Waals surface area contributed by atoms with Gasteiger partial charge in [0.05, 0.1) is 11.9 Å². The molecule has 1 aromatic rings. The van der Waals surface area contributed by atoms with Crippen molar-refractivity contribution in [2.75, 3.05) is 11.9 Å². The van der Waals surface area contributed by atoms with Crippen molar-refractivity contribution in [2.45, 2.75) is 44.9 Å². The van der Waals surface area contributed by atoms with E-state index in [1.54, 1.807) is 0 Å². The van der Waals surface area contributed by atoms with Gasteiger partial charge in [0.1, 0.15) is 5.15 Å². The minimum Gasteiger partial charge on any atom is -0.384 e. The summed E-state index contributed by atoms with van der Waals surface area (Å²) in [6.45, 7) is 1.07. The van der Waals surface area contributed by atoms with Crippen LogP contribution in [0.3, 0.4) is 0 Å². The Morgan fingerprint density at radius 1 is 1.12 bits per heavy atom. The average Bonchev–Trinajstić information content (AvgIpc) is 2.30. The summed E-state index contributed by atoms with van der Waals surface area (Å²) in [5.41, 5.74) is 1.08. The minimum absolute atomic E-state index is 0.557. The molecule has 3 heteroatoms. The Morgan fingerprint density at radius 2 is 1.82 bits per heavy atom. The monoisotopic (exact) mass is 252 g/mol. The van der Waals surface area contributed by atoms with Crippen molar-refractivity contribution in [1.29, 1.82) is 0 Å². The summed E-state index contributed by atoms with van der Waals surface area (Å²) in [6, 6.07) is 3.83. The molecule has 0 radical (unpaired) electrons. The smallest absolute Gasteiger partial charge is 0.129 e. The number of aromatic nitrogens is 1. The third-order valence-electron chi connectivity index (χ3n) is 3.55. The molecule has 0 spiro atoms. The van der Waals surface area contributed by atoms with E-state index in [1.807, 2.05) is 18.3 Å². The largest absolute Gasteiger partial charge is 0.384 e. The van der Waals surface area contributed by atoms with Crippen LogP contribution in [-0.4, -0.2) is 11.5 Å². The summed E-state index contributed by atoms with van der Waals surface area (Å²) in [6.07, 6.45) is 11.6. The van der Waals surface area contributed by atoms with E-state index >= 15 is 0 Å². The van der Waals surface area contributed by atoms with Crippen molar-refractivity contribution >= 4 is 17.3 Å². The van der Waals surface area contributed by atoms with Gasteiger partial charge in [-0.1, -0.05) is 43.7 Å². The molecule has 0 amide bonds. The van der Waals surface area contributed by atoms with Gasteiger partial charge >= 0.3 is 0 Å². The molecule has 1 heterocycles. The number of nitrogens with zero attached hydrogens (tertiary/aromatic N) is 1. The summed E-state index contributed by atoms with van der Waals surface area (Å²) in [5.74, 6) is 0.825. The molecule has 1 aliphatic carbocycles. The van der Waals surface area contributed by atoms with Gasteiger partial charge in [0.15, 0.2) is 0 Å². The van der Waals surface area contributed by atoms with Crippen LogP contribution >= 0.6 is 11.6 Å². The van der Waals surface area contributed by atoms with Gasteiger partial charge in [-0.2, -0.15) is 0 Å². The third-order valence-corrected chi connectivity index (χ3v) is 3.77. The summed E-state index contributed by atoms with van der Waals surface area (Å²) < 4.78 is 0. The molecule has 0 aliphatic heterocycles. The van der Waals surface area contributed by atoms with Crippen LogP contribution in [0.25, 0.3) is 0 Å². The highest BCUT2D eigenvalue weighted by atomic mass is 35.5. The summed E-state index contributed by atoms with van der Waals surface area (Å²) in [5, 5.41) is 4.03. The number of hydrogen-bond acceptors (Lipinski definition) is 2. The fourth-order valence-corrected chi connectivity index (χ4v) is 2.60. The number of pyridine rings is 1. The van der Waals surface area contributed by atoms with Crippen LogP contribution in [0.2, 0.25) is 5.15 Å². The molecule has 0 unspecified atom stereocenters. The molecule has 2 nitrogen and oxygen atoms in total. The van der Waals surface area contributed by atoms with E-state index < -0.39 is 0 Å². The van der Waals surface area contributed by atoms with E-state index in [1.165, 1.54) is 44.9 Å². The third kappa shape index (κ3) is 4.55. The molecule has 0 saturated heterocycles. The van der Waals surface area contributed by atoms with Crippen LogP contribution in [0.15, 0.2) is 18.3 Å². The van der Waals surface area contributed by atoms with Gasteiger partial charge in [-0.3, -0.25) is 0 Å². The summed E-state index contributed by atoms with van der Waals surface area (Å²) in [4.78, 5) is 4.08. The maximum Gasteiger partial charge on any atom is 0.129 e. The van der Waals surface area contributed by atoms with Crippen molar-refractivity contribution in [1.82, 2.24) is 4.98 Å². The molecule has 1 saturated carbocycles. The fourth-order valence-electron chi connectivity index (χ4n) is 2.49. The first-order chi connectivity index (χ1) is 8.34. The topological polar surface area (TPSA) is 24.9 Å². The highest BCUT2D eigenvalue weighted by molar-refractivity contribution is 6.29. The van der Waals surface area contributed by atoms with E-state index in [0.29, 0.717) is 5.15 Å². The van der Waals surface area contributed by atoms with Gasteiger partial charge in [-0.15, -0.1) is 0 Å². The van der Waals surface area contributed by atoms with E-state index in [0.717, 1.165) is 18.2 Å². The zero-order chi connectivity index (χ0) is 11.9. The number of rotatable bonds is 3. The first-order valence-corrected chi connectivity index (χ1v) is 7.08. The molecule has 0 aromatic carbocycles. The number of nitrogens with one attached hydrogen (secondary N) is 1. The highest BCUT2D eigenvalue weighted by Gasteiger charge is 2.10. The maximum absolute atomic E-state index is 5.76. The van der Waals surface area contributed by atoms with Crippen LogP contribution in [0.5, 0.6) is 0 Å². The van der Waals surface area contributed by atoms with Crippen LogP contribution < -0.4 is 5.32 Å². The first-order valence-electron chi connectivity index (χ1n) is 6.70. The lowest BCUT2D eigenvalue weighted by atomic mass is 9.91. The zero-order valence-corrected chi connectivity index (χ0v) is 11.0. The standard InChI is InChI=1S/C14H21ClN2/c15-14-9-8-13(11-17-14)16-10-12-6-4-2-1-3-5-7-12/h8-9,11-12,16H,1-7,10H2. The van der Waals surface area contributed by atoms with Gasteiger partial charge < -0.3 is 5.32 Å². The van der Waals surface area contributed by atoms with Crippen LogP contribution in [0.1, 0.15) is 44.9 Å². The molecule has 17 heavy (non-hydrogen) atoms. The maximum atomic E-state index is 5.76. The Labute approximate surface area is 109 Å². The number of anilines is 1. The number of hydrogen-bond donors (Lipinski definition) is 1. The Hall–Kier alpha value is -0.760. The Bertz CT molecular complexity index is 315. The van der Waals surface area contributed by atoms with Crippen molar-refractivity contribution in [3.63, 3.8) is 0 Å². The fraction of sp³-hybridized carbons (Fsp3) is 0.643. The normalized spacial score (nSPS) is 18.4. The zero-order valence-electron chi connectivity index (χ0n) is 10.3. The second-order valence-corrected chi connectivity index (χ2v) is 5.35. The van der Waals surface area contributed by atoms with E-state index in [2.05, 4.69) is 10.3 Å². The second-order valence-electron chi connectivity index (χ2n) is 4.96. The van der Waals surface area contributed by atoms with E-state index in [-0.39, 0.29) is 0 Å². The van der Waals surface area contributed by atoms with Crippen LogP contribution in [0, 0.1) is 5.92 Å². The summed E-state index contributed by atoms with van der Waals surface area (Å²) in [7, 11) is 0. The van der Waals surface area contributed by atoms with Gasteiger partial charge in [0.25, 0.3) is 0 Å². The predicted molar refractivity (Wildman–Crippen MR) is 73.5 cm³/mol. The molecule has 0 atom stereocenters. The lowest BCUT2D eigenvalue weighted by Crippen LogP contribution is -2.15. The Balaban J connectivity index is 1.77. The lowest BCUT2D eigenvalue weighted by molar-refractivity contribution is 0.392. The van der Waals surface area contributed by atoms with Crippen molar-refractivity contribution in [3.8, 4) is 0 Å². The van der Waals surface area contributed by atoms with Crippen molar-refractivity contribution in [2.24, 2.45) is 5.92 Å².